The van der Waals surface area contributed by atoms with E-state index in [1.165, 1.54) is 0 Å². The minimum absolute atomic E-state index is 0.0364. The van der Waals surface area contributed by atoms with Crippen molar-refractivity contribution in [3.8, 4) is 17.2 Å². The van der Waals surface area contributed by atoms with E-state index in [0.29, 0.717) is 50.1 Å². The van der Waals surface area contributed by atoms with E-state index in [4.69, 9.17) is 18.9 Å². The highest BCUT2D eigenvalue weighted by atomic mass is 16.7. The predicted molar refractivity (Wildman–Crippen MR) is 127 cm³/mol. The lowest BCUT2D eigenvalue weighted by atomic mass is 9.73. The molecule has 33 heavy (non-hydrogen) atoms. The number of hydrogen-bond donors (Lipinski definition) is 1. The number of nitrogens with one attached hydrogen (secondary N) is 1. The third-order valence-electron chi connectivity index (χ3n) is 6.41. The van der Waals surface area contributed by atoms with Crippen molar-refractivity contribution in [2.75, 3.05) is 31.9 Å². The SMILES string of the molecule is CC(C)COc1ccc(NC(=O)C2(c3ccc4c(c3)OCO4)CCOCC2)c2ccccc12. The molecule has 0 atom stereocenters. The van der Waals surface area contributed by atoms with Gasteiger partial charge in [-0.25, -0.2) is 0 Å². The lowest BCUT2D eigenvalue weighted by molar-refractivity contribution is -0.125. The summed E-state index contributed by atoms with van der Waals surface area (Å²) in [5.74, 6) is 2.62. The normalized spacial score (nSPS) is 16.7. The van der Waals surface area contributed by atoms with Gasteiger partial charge in [-0.3, -0.25) is 4.79 Å². The van der Waals surface area contributed by atoms with Gasteiger partial charge in [0, 0.05) is 29.7 Å². The van der Waals surface area contributed by atoms with Gasteiger partial charge < -0.3 is 24.3 Å². The second kappa shape index (κ2) is 8.94. The molecule has 5 rings (SSSR count). The Morgan fingerprint density at radius 1 is 1.00 bits per heavy atom. The van der Waals surface area contributed by atoms with Crippen molar-refractivity contribution in [2.45, 2.75) is 32.1 Å². The van der Waals surface area contributed by atoms with E-state index in [-0.39, 0.29) is 12.7 Å². The highest BCUT2D eigenvalue weighted by molar-refractivity contribution is 6.07. The third kappa shape index (κ3) is 4.11. The average Bonchev–Trinajstić information content (AvgIpc) is 3.32. The van der Waals surface area contributed by atoms with Crippen molar-refractivity contribution in [2.24, 2.45) is 5.92 Å². The molecule has 0 unspecified atom stereocenters. The summed E-state index contributed by atoms with van der Waals surface area (Å²) in [4.78, 5) is 13.9. The van der Waals surface area contributed by atoms with E-state index in [1.807, 2.05) is 54.6 Å². The lowest BCUT2D eigenvalue weighted by Crippen LogP contribution is -2.44. The van der Waals surface area contributed by atoms with Crippen molar-refractivity contribution in [3.05, 3.63) is 60.2 Å². The summed E-state index contributed by atoms with van der Waals surface area (Å²) in [5.41, 5.74) is 1.00. The van der Waals surface area contributed by atoms with Crippen molar-refractivity contribution >= 4 is 22.4 Å². The van der Waals surface area contributed by atoms with Crippen LogP contribution in [0.5, 0.6) is 17.2 Å². The van der Waals surface area contributed by atoms with Crippen LogP contribution in [-0.4, -0.2) is 32.5 Å². The molecule has 0 bridgehead atoms. The number of amides is 1. The highest BCUT2D eigenvalue weighted by Crippen LogP contribution is 2.42. The van der Waals surface area contributed by atoms with E-state index in [2.05, 4.69) is 19.2 Å². The number of fused-ring (bicyclic) bond motifs is 2. The number of hydrogen-bond acceptors (Lipinski definition) is 5. The first-order valence-corrected chi connectivity index (χ1v) is 11.5. The molecule has 2 heterocycles. The number of anilines is 1. The number of carbonyl (C=O) groups is 1. The molecule has 3 aromatic rings. The zero-order valence-corrected chi connectivity index (χ0v) is 19.1. The average molecular weight is 448 g/mol. The molecule has 1 N–H and O–H groups in total. The summed E-state index contributed by atoms with van der Waals surface area (Å²) < 4.78 is 22.7. The maximum atomic E-state index is 13.9. The van der Waals surface area contributed by atoms with E-state index < -0.39 is 5.41 Å². The van der Waals surface area contributed by atoms with Crippen LogP contribution in [0.3, 0.4) is 0 Å². The minimum Gasteiger partial charge on any atom is -0.493 e. The van der Waals surface area contributed by atoms with Crippen LogP contribution >= 0.6 is 0 Å². The molecule has 3 aromatic carbocycles. The molecule has 1 amide bonds. The lowest BCUT2D eigenvalue weighted by Gasteiger charge is -2.36. The van der Waals surface area contributed by atoms with Gasteiger partial charge in [-0.1, -0.05) is 44.2 Å². The standard InChI is InChI=1S/C27H29NO5/c1-18(2)16-31-23-10-8-22(20-5-3-4-6-21(20)23)28-26(29)27(11-13-30-14-12-27)19-7-9-24-25(15-19)33-17-32-24/h3-10,15,18H,11-14,16-17H2,1-2H3,(H,28,29). The Hall–Kier alpha value is -3.25. The number of rotatable bonds is 6. The van der Waals surface area contributed by atoms with Crippen molar-refractivity contribution in [1.82, 2.24) is 0 Å². The molecule has 1 saturated heterocycles. The minimum atomic E-state index is -0.701. The molecule has 6 heteroatoms. The molecule has 0 aliphatic carbocycles. The Bertz CT molecular complexity index is 1170. The van der Waals surface area contributed by atoms with Crippen LogP contribution in [0.4, 0.5) is 5.69 Å². The molecular weight excluding hydrogens is 418 g/mol. The van der Waals surface area contributed by atoms with Crippen LogP contribution in [0.25, 0.3) is 10.8 Å². The first-order chi connectivity index (χ1) is 16.1. The van der Waals surface area contributed by atoms with E-state index in [9.17, 15) is 4.79 Å². The fourth-order valence-corrected chi connectivity index (χ4v) is 4.57. The highest BCUT2D eigenvalue weighted by Gasteiger charge is 2.42. The quantitative estimate of drug-likeness (QED) is 0.556. The van der Waals surface area contributed by atoms with E-state index in [0.717, 1.165) is 27.8 Å². The smallest absolute Gasteiger partial charge is 0.235 e. The van der Waals surface area contributed by atoms with Gasteiger partial charge >= 0.3 is 0 Å². The zero-order valence-electron chi connectivity index (χ0n) is 19.1. The van der Waals surface area contributed by atoms with Gasteiger partial charge in [-0.2, -0.15) is 0 Å². The summed E-state index contributed by atoms with van der Waals surface area (Å²) in [6, 6.07) is 17.7. The van der Waals surface area contributed by atoms with Gasteiger partial charge in [0.05, 0.1) is 12.0 Å². The molecular formula is C27H29NO5. The molecule has 1 fully saturated rings. The zero-order chi connectivity index (χ0) is 22.8. The van der Waals surface area contributed by atoms with Gasteiger partial charge in [-0.15, -0.1) is 0 Å². The van der Waals surface area contributed by atoms with Gasteiger partial charge in [-0.05, 0) is 48.6 Å². The van der Waals surface area contributed by atoms with Gasteiger partial charge in [0.2, 0.25) is 12.7 Å². The number of ether oxygens (including phenoxy) is 4. The van der Waals surface area contributed by atoms with Gasteiger partial charge in [0.15, 0.2) is 11.5 Å². The fourth-order valence-electron chi connectivity index (χ4n) is 4.57. The van der Waals surface area contributed by atoms with Crippen molar-refractivity contribution in [3.63, 3.8) is 0 Å². The molecule has 0 spiro atoms. The molecule has 0 saturated carbocycles. The summed E-state index contributed by atoms with van der Waals surface area (Å²) in [6.07, 6.45) is 1.21. The summed E-state index contributed by atoms with van der Waals surface area (Å²) in [6.45, 7) is 6.16. The first-order valence-electron chi connectivity index (χ1n) is 11.5. The first kappa shape index (κ1) is 21.6. The van der Waals surface area contributed by atoms with E-state index in [1.54, 1.807) is 0 Å². The maximum Gasteiger partial charge on any atom is 0.235 e. The monoisotopic (exact) mass is 447 g/mol. The summed E-state index contributed by atoms with van der Waals surface area (Å²) >= 11 is 0. The second-order valence-electron chi connectivity index (χ2n) is 9.08. The van der Waals surface area contributed by atoms with Gasteiger partial charge in [0.25, 0.3) is 0 Å². The van der Waals surface area contributed by atoms with Crippen LogP contribution in [0.2, 0.25) is 0 Å². The third-order valence-corrected chi connectivity index (χ3v) is 6.41. The Morgan fingerprint density at radius 2 is 1.76 bits per heavy atom. The maximum absolute atomic E-state index is 13.9. The van der Waals surface area contributed by atoms with Crippen molar-refractivity contribution < 1.29 is 23.7 Å². The van der Waals surface area contributed by atoms with Crippen LogP contribution in [0, 0.1) is 5.92 Å². The Kier molecular flexibility index (Phi) is 5.85. The fraction of sp³-hybridized carbons (Fsp3) is 0.370. The predicted octanol–water partition coefficient (Wildman–Crippen LogP) is 5.29. The van der Waals surface area contributed by atoms with Crippen LogP contribution in [0.1, 0.15) is 32.3 Å². The molecule has 0 aromatic heterocycles. The number of benzene rings is 3. The summed E-state index contributed by atoms with van der Waals surface area (Å²) in [5, 5.41) is 5.18. The molecule has 2 aliphatic rings. The molecule has 0 radical (unpaired) electrons. The largest absolute Gasteiger partial charge is 0.493 e. The molecule has 6 nitrogen and oxygen atoms in total. The summed E-state index contributed by atoms with van der Waals surface area (Å²) in [7, 11) is 0. The van der Waals surface area contributed by atoms with Crippen LogP contribution < -0.4 is 19.5 Å². The van der Waals surface area contributed by atoms with Crippen LogP contribution in [0.15, 0.2) is 54.6 Å². The Morgan fingerprint density at radius 3 is 2.55 bits per heavy atom. The van der Waals surface area contributed by atoms with Gasteiger partial charge in [0.1, 0.15) is 5.75 Å². The number of carbonyl (C=O) groups excluding carboxylic acids is 1. The van der Waals surface area contributed by atoms with Crippen molar-refractivity contribution in [1.29, 1.82) is 0 Å². The Labute approximate surface area is 193 Å². The van der Waals surface area contributed by atoms with E-state index >= 15 is 0 Å². The molecule has 172 valence electrons. The topological polar surface area (TPSA) is 66.0 Å². The van der Waals surface area contributed by atoms with Crippen LogP contribution in [-0.2, 0) is 14.9 Å². The second-order valence-corrected chi connectivity index (χ2v) is 9.08. The molecule has 2 aliphatic heterocycles. The Balaban J connectivity index is 1.49.